The van der Waals surface area contributed by atoms with Gasteiger partial charge in [-0.15, -0.1) is 0 Å². The molecule has 0 aromatic heterocycles. The molecule has 3 nitrogen and oxygen atoms in total. The third-order valence-electron chi connectivity index (χ3n) is 2.55. The van der Waals surface area contributed by atoms with Gasteiger partial charge in [-0.3, -0.25) is 4.90 Å². The molecule has 0 bridgehead atoms. The summed E-state index contributed by atoms with van der Waals surface area (Å²) >= 11 is 0. The van der Waals surface area contributed by atoms with E-state index in [-0.39, 0.29) is 0 Å². The average Bonchev–Trinajstić information content (AvgIpc) is 2.68. The van der Waals surface area contributed by atoms with Crippen molar-refractivity contribution in [1.82, 2.24) is 4.90 Å². The van der Waals surface area contributed by atoms with Gasteiger partial charge in [-0.2, -0.15) is 0 Å². The topological polar surface area (TPSA) is 36.0 Å². The Morgan fingerprint density at radius 2 is 2.36 bits per heavy atom. The van der Waals surface area contributed by atoms with E-state index < -0.39 is 0 Å². The summed E-state index contributed by atoms with van der Waals surface area (Å²) in [4.78, 5) is 2.34. The lowest BCUT2D eigenvalue weighted by Gasteiger charge is -2.21. The predicted octanol–water partition coefficient (Wildman–Crippen LogP) is -0.158. The van der Waals surface area contributed by atoms with Crippen molar-refractivity contribution in [2.24, 2.45) is 0 Å². The monoisotopic (exact) mass is 157 g/mol. The molecule has 2 rings (SSSR count). The van der Waals surface area contributed by atoms with Crippen LogP contribution in [0.2, 0.25) is 0 Å². The molecule has 2 unspecified atom stereocenters. The molecule has 0 aromatic carbocycles. The van der Waals surface area contributed by atoms with Gasteiger partial charge >= 0.3 is 0 Å². The fourth-order valence-electron chi connectivity index (χ4n) is 1.78. The van der Waals surface area contributed by atoms with Gasteiger partial charge in [0.15, 0.2) is 0 Å². The van der Waals surface area contributed by atoms with Crippen LogP contribution in [0, 0.1) is 0 Å². The number of rotatable bonds is 3. The van der Waals surface area contributed by atoms with E-state index in [0.717, 1.165) is 26.1 Å². The summed E-state index contributed by atoms with van der Waals surface area (Å²) in [6.07, 6.45) is 2.86. The molecule has 0 spiro atoms. The van der Waals surface area contributed by atoms with Crippen molar-refractivity contribution in [2.45, 2.75) is 25.0 Å². The van der Waals surface area contributed by atoms with Crippen LogP contribution in [0.25, 0.3) is 0 Å². The highest BCUT2D eigenvalue weighted by Crippen LogP contribution is 2.20. The highest BCUT2D eigenvalue weighted by atomic mass is 16.6. The van der Waals surface area contributed by atoms with Gasteiger partial charge in [-0.05, 0) is 19.4 Å². The smallest absolute Gasteiger partial charge is 0.0936 e. The Balaban J connectivity index is 1.79. The van der Waals surface area contributed by atoms with E-state index in [4.69, 9.17) is 9.84 Å². The maximum absolute atomic E-state index is 8.99. The van der Waals surface area contributed by atoms with Gasteiger partial charge in [0.2, 0.25) is 0 Å². The van der Waals surface area contributed by atoms with Crippen molar-refractivity contribution in [1.29, 1.82) is 0 Å². The molecule has 0 radical (unpaired) electrons. The van der Waals surface area contributed by atoms with Crippen LogP contribution in [0.5, 0.6) is 0 Å². The minimum Gasteiger partial charge on any atom is -0.395 e. The molecule has 64 valence electrons. The number of ether oxygens (including phenoxy) is 1. The first-order valence-corrected chi connectivity index (χ1v) is 4.36. The molecule has 0 amide bonds. The minimum absolute atomic E-state index is 0.312. The lowest BCUT2D eigenvalue weighted by molar-refractivity contribution is 0.150. The molecule has 2 aliphatic rings. The Morgan fingerprint density at radius 1 is 1.55 bits per heavy atom. The van der Waals surface area contributed by atoms with Crippen LogP contribution in [0.15, 0.2) is 0 Å². The Morgan fingerprint density at radius 3 is 3.00 bits per heavy atom. The van der Waals surface area contributed by atoms with Crippen molar-refractivity contribution >= 4 is 0 Å². The third-order valence-corrected chi connectivity index (χ3v) is 2.55. The fraction of sp³-hybridized carbons (Fsp3) is 1.00. The van der Waals surface area contributed by atoms with Crippen LogP contribution in [0.4, 0.5) is 0 Å². The first-order valence-electron chi connectivity index (χ1n) is 4.36. The predicted molar refractivity (Wildman–Crippen MR) is 41.4 cm³/mol. The van der Waals surface area contributed by atoms with E-state index in [2.05, 4.69) is 4.90 Å². The molecule has 2 heterocycles. The first kappa shape index (κ1) is 7.53. The van der Waals surface area contributed by atoms with Crippen molar-refractivity contribution in [3.63, 3.8) is 0 Å². The van der Waals surface area contributed by atoms with Gasteiger partial charge in [-0.25, -0.2) is 0 Å². The van der Waals surface area contributed by atoms with Crippen LogP contribution in [0.3, 0.4) is 0 Å². The zero-order valence-electron chi connectivity index (χ0n) is 6.70. The number of likely N-dealkylation sites (tertiary alicyclic amines) is 1. The minimum atomic E-state index is 0.312. The van der Waals surface area contributed by atoms with Gasteiger partial charge in [-0.1, -0.05) is 0 Å². The zero-order chi connectivity index (χ0) is 7.68. The second kappa shape index (κ2) is 3.09. The van der Waals surface area contributed by atoms with Gasteiger partial charge in [0.25, 0.3) is 0 Å². The maximum atomic E-state index is 8.99. The lowest BCUT2D eigenvalue weighted by Crippen LogP contribution is -2.35. The van der Waals surface area contributed by atoms with Gasteiger partial charge in [0.05, 0.1) is 19.3 Å². The van der Waals surface area contributed by atoms with E-state index in [0.29, 0.717) is 18.8 Å². The van der Waals surface area contributed by atoms with E-state index in [1.807, 2.05) is 0 Å². The van der Waals surface area contributed by atoms with Crippen LogP contribution in [-0.2, 0) is 4.74 Å². The zero-order valence-corrected chi connectivity index (χ0v) is 6.70. The van der Waals surface area contributed by atoms with Crippen LogP contribution in [0.1, 0.15) is 12.8 Å². The number of aliphatic hydroxyl groups is 1. The molecule has 3 heteroatoms. The van der Waals surface area contributed by atoms with Crippen molar-refractivity contribution in [3.8, 4) is 0 Å². The summed E-state index contributed by atoms with van der Waals surface area (Å²) in [6.45, 7) is 3.41. The number of hydrogen-bond acceptors (Lipinski definition) is 3. The third kappa shape index (κ3) is 1.72. The quantitative estimate of drug-likeness (QED) is 0.578. The molecule has 2 atom stereocenters. The van der Waals surface area contributed by atoms with Crippen molar-refractivity contribution < 1.29 is 9.84 Å². The molecule has 0 aromatic rings. The standard InChI is InChI=1S/C8H15NO2/c10-5-7-2-1-3-9(7)4-8-6-11-8/h7-8,10H,1-6H2. The van der Waals surface area contributed by atoms with E-state index >= 15 is 0 Å². The Kier molecular flexibility index (Phi) is 2.11. The summed E-state index contributed by atoms with van der Waals surface area (Å²) in [5.41, 5.74) is 0. The van der Waals surface area contributed by atoms with E-state index in [1.54, 1.807) is 0 Å². The van der Waals surface area contributed by atoms with Crippen LogP contribution < -0.4 is 0 Å². The van der Waals surface area contributed by atoms with Crippen LogP contribution in [-0.4, -0.2) is 48.5 Å². The van der Waals surface area contributed by atoms with Gasteiger partial charge in [0, 0.05) is 12.6 Å². The van der Waals surface area contributed by atoms with Crippen LogP contribution >= 0.6 is 0 Å². The molecule has 1 N–H and O–H groups in total. The Labute approximate surface area is 66.9 Å². The molecule has 11 heavy (non-hydrogen) atoms. The van der Waals surface area contributed by atoms with Gasteiger partial charge < -0.3 is 9.84 Å². The average molecular weight is 157 g/mol. The Hall–Kier alpha value is -0.120. The van der Waals surface area contributed by atoms with Crippen molar-refractivity contribution in [3.05, 3.63) is 0 Å². The molecule has 2 fully saturated rings. The molecular formula is C8H15NO2. The van der Waals surface area contributed by atoms with Crippen molar-refractivity contribution in [2.75, 3.05) is 26.3 Å². The largest absolute Gasteiger partial charge is 0.395 e. The molecule has 0 saturated carbocycles. The molecular weight excluding hydrogens is 142 g/mol. The second-order valence-corrected chi connectivity index (χ2v) is 3.43. The first-order chi connectivity index (χ1) is 5.40. The summed E-state index contributed by atoms with van der Waals surface area (Å²) in [7, 11) is 0. The lowest BCUT2D eigenvalue weighted by atomic mass is 10.2. The fourth-order valence-corrected chi connectivity index (χ4v) is 1.78. The summed E-state index contributed by atoms with van der Waals surface area (Å²) in [5.74, 6) is 0. The highest BCUT2D eigenvalue weighted by molar-refractivity contribution is 4.83. The van der Waals surface area contributed by atoms with Gasteiger partial charge in [0.1, 0.15) is 0 Å². The molecule has 2 saturated heterocycles. The number of aliphatic hydroxyl groups excluding tert-OH is 1. The summed E-state index contributed by atoms with van der Waals surface area (Å²) in [5, 5.41) is 8.99. The molecule has 0 aliphatic carbocycles. The highest BCUT2D eigenvalue weighted by Gasteiger charge is 2.31. The van der Waals surface area contributed by atoms with E-state index in [9.17, 15) is 0 Å². The number of epoxide rings is 1. The Bertz CT molecular complexity index is 136. The molecule has 2 aliphatic heterocycles. The maximum Gasteiger partial charge on any atom is 0.0936 e. The SMILES string of the molecule is OCC1CCCN1CC1CO1. The summed E-state index contributed by atoms with van der Waals surface area (Å²) < 4.78 is 5.14. The summed E-state index contributed by atoms with van der Waals surface area (Å²) in [6, 6.07) is 0.416. The number of hydrogen-bond donors (Lipinski definition) is 1. The second-order valence-electron chi connectivity index (χ2n) is 3.43. The number of nitrogens with zero attached hydrogens (tertiary/aromatic N) is 1. The van der Waals surface area contributed by atoms with E-state index in [1.165, 1.54) is 6.42 Å². The normalized spacial score (nSPS) is 37.9.